The Morgan fingerprint density at radius 3 is 3.07 bits per heavy atom. The van der Waals surface area contributed by atoms with E-state index in [0.717, 1.165) is 10.9 Å². The van der Waals surface area contributed by atoms with Crippen LogP contribution in [0.3, 0.4) is 0 Å². The summed E-state index contributed by atoms with van der Waals surface area (Å²) in [7, 11) is 0. The molecule has 0 fully saturated rings. The van der Waals surface area contributed by atoms with Crippen LogP contribution in [0.5, 0.6) is 0 Å². The monoisotopic (exact) mass is 200 g/mol. The molecular formula is C10H8N4O. The van der Waals surface area contributed by atoms with Gasteiger partial charge in [-0.25, -0.2) is 0 Å². The fraction of sp³-hybridized carbons (Fsp3) is 0.100. The molecule has 0 radical (unpaired) electrons. The fourth-order valence-electron chi connectivity index (χ4n) is 1.48. The SMILES string of the molecule is [N-]=[N+]=NCC(=O)c1c[nH]c2ccccc12. The zero-order valence-corrected chi connectivity index (χ0v) is 7.84. The molecule has 0 aliphatic carbocycles. The molecule has 5 heteroatoms. The van der Waals surface area contributed by atoms with Crippen LogP contribution in [0.2, 0.25) is 0 Å². The predicted octanol–water partition coefficient (Wildman–Crippen LogP) is 2.66. The van der Waals surface area contributed by atoms with Crippen molar-refractivity contribution in [3.8, 4) is 0 Å². The summed E-state index contributed by atoms with van der Waals surface area (Å²) in [5.41, 5.74) is 9.60. The first kappa shape index (κ1) is 9.30. The first-order chi connectivity index (χ1) is 7.33. The number of azide groups is 1. The highest BCUT2D eigenvalue weighted by molar-refractivity contribution is 6.08. The number of aromatic amines is 1. The third kappa shape index (κ3) is 1.68. The molecule has 1 aromatic carbocycles. The summed E-state index contributed by atoms with van der Waals surface area (Å²) in [5.74, 6) is -0.176. The minimum atomic E-state index is -0.176. The van der Waals surface area contributed by atoms with Gasteiger partial charge in [-0.1, -0.05) is 23.3 Å². The molecule has 74 valence electrons. The van der Waals surface area contributed by atoms with E-state index in [1.807, 2.05) is 24.3 Å². The molecule has 0 aliphatic heterocycles. The summed E-state index contributed by atoms with van der Waals surface area (Å²) in [6.07, 6.45) is 1.64. The summed E-state index contributed by atoms with van der Waals surface area (Å²) in [4.78, 5) is 17.1. The van der Waals surface area contributed by atoms with Gasteiger partial charge in [-0.2, -0.15) is 0 Å². The smallest absolute Gasteiger partial charge is 0.170 e. The van der Waals surface area contributed by atoms with Gasteiger partial charge in [0.1, 0.15) is 0 Å². The Kier molecular flexibility index (Phi) is 2.39. The second-order valence-corrected chi connectivity index (χ2v) is 3.06. The van der Waals surface area contributed by atoms with Gasteiger partial charge in [0.25, 0.3) is 0 Å². The van der Waals surface area contributed by atoms with Crippen molar-refractivity contribution in [2.75, 3.05) is 6.54 Å². The highest BCUT2D eigenvalue weighted by Crippen LogP contribution is 2.17. The minimum Gasteiger partial charge on any atom is -0.360 e. The maximum absolute atomic E-state index is 11.6. The van der Waals surface area contributed by atoms with Gasteiger partial charge in [-0.3, -0.25) is 4.79 Å². The molecule has 0 spiro atoms. The largest absolute Gasteiger partial charge is 0.360 e. The number of hydrogen-bond acceptors (Lipinski definition) is 2. The van der Waals surface area contributed by atoms with E-state index in [1.54, 1.807) is 6.20 Å². The van der Waals surface area contributed by atoms with Crippen molar-refractivity contribution in [3.05, 3.63) is 46.5 Å². The average molecular weight is 200 g/mol. The van der Waals surface area contributed by atoms with E-state index in [-0.39, 0.29) is 12.3 Å². The Hall–Kier alpha value is -2.26. The molecule has 0 unspecified atom stereocenters. The third-order valence-electron chi connectivity index (χ3n) is 2.17. The van der Waals surface area contributed by atoms with E-state index < -0.39 is 0 Å². The lowest BCUT2D eigenvalue weighted by Crippen LogP contribution is -2.01. The van der Waals surface area contributed by atoms with E-state index in [9.17, 15) is 4.79 Å². The van der Waals surface area contributed by atoms with Crippen LogP contribution in [0.25, 0.3) is 21.3 Å². The number of hydrogen-bond donors (Lipinski definition) is 1. The number of para-hydroxylation sites is 1. The quantitative estimate of drug-likeness (QED) is 0.351. The molecule has 0 bridgehead atoms. The second-order valence-electron chi connectivity index (χ2n) is 3.06. The number of Topliss-reactive ketones (excluding diaryl/α,β-unsaturated/α-hetero) is 1. The molecule has 5 nitrogen and oxygen atoms in total. The summed E-state index contributed by atoms with van der Waals surface area (Å²) in [6.45, 7) is -0.141. The number of benzene rings is 1. The number of carbonyl (C=O) groups excluding carboxylic acids is 1. The van der Waals surface area contributed by atoms with Crippen molar-refractivity contribution >= 4 is 16.7 Å². The molecular weight excluding hydrogens is 192 g/mol. The van der Waals surface area contributed by atoms with E-state index in [4.69, 9.17) is 5.53 Å². The number of nitrogens with zero attached hydrogens (tertiary/aromatic N) is 3. The van der Waals surface area contributed by atoms with E-state index >= 15 is 0 Å². The molecule has 1 heterocycles. The van der Waals surface area contributed by atoms with Gasteiger partial charge in [0.15, 0.2) is 5.78 Å². The van der Waals surface area contributed by atoms with Crippen LogP contribution in [-0.2, 0) is 0 Å². The van der Waals surface area contributed by atoms with Crippen LogP contribution >= 0.6 is 0 Å². The van der Waals surface area contributed by atoms with Gasteiger partial charge in [0.2, 0.25) is 0 Å². The van der Waals surface area contributed by atoms with Crippen molar-refractivity contribution in [1.82, 2.24) is 4.98 Å². The minimum absolute atomic E-state index is 0.141. The van der Waals surface area contributed by atoms with Crippen LogP contribution in [0.15, 0.2) is 35.6 Å². The first-order valence-electron chi connectivity index (χ1n) is 4.43. The lowest BCUT2D eigenvalue weighted by molar-refractivity contribution is 0.100. The number of carbonyl (C=O) groups is 1. The summed E-state index contributed by atoms with van der Waals surface area (Å²) in [6, 6.07) is 7.50. The molecule has 0 amide bonds. The molecule has 2 aromatic rings. The Morgan fingerprint density at radius 2 is 2.27 bits per heavy atom. The first-order valence-corrected chi connectivity index (χ1v) is 4.43. The molecule has 0 atom stereocenters. The Balaban J connectivity index is 2.43. The molecule has 0 saturated carbocycles. The lowest BCUT2D eigenvalue weighted by Gasteiger charge is -1.93. The maximum Gasteiger partial charge on any atom is 0.170 e. The summed E-state index contributed by atoms with van der Waals surface area (Å²) >= 11 is 0. The Morgan fingerprint density at radius 1 is 1.47 bits per heavy atom. The zero-order chi connectivity index (χ0) is 10.7. The third-order valence-corrected chi connectivity index (χ3v) is 2.17. The average Bonchev–Trinajstić information content (AvgIpc) is 2.69. The van der Waals surface area contributed by atoms with Crippen LogP contribution < -0.4 is 0 Å². The zero-order valence-electron chi connectivity index (χ0n) is 7.84. The normalized spacial score (nSPS) is 9.87. The highest BCUT2D eigenvalue weighted by Gasteiger charge is 2.09. The highest BCUT2D eigenvalue weighted by atomic mass is 16.1. The van der Waals surface area contributed by atoms with Gasteiger partial charge in [-0.15, -0.1) is 0 Å². The number of H-pyrrole nitrogens is 1. The van der Waals surface area contributed by atoms with Crippen molar-refractivity contribution in [3.63, 3.8) is 0 Å². The van der Waals surface area contributed by atoms with Crippen molar-refractivity contribution in [1.29, 1.82) is 0 Å². The molecule has 1 N–H and O–H groups in total. The Labute approximate surface area is 85.3 Å². The van der Waals surface area contributed by atoms with Gasteiger partial charge in [0.05, 0.1) is 6.54 Å². The molecule has 15 heavy (non-hydrogen) atoms. The summed E-state index contributed by atoms with van der Waals surface area (Å²) in [5, 5.41) is 4.11. The van der Waals surface area contributed by atoms with Crippen LogP contribution in [0.4, 0.5) is 0 Å². The Bertz CT molecular complexity index is 551. The van der Waals surface area contributed by atoms with E-state index in [2.05, 4.69) is 15.0 Å². The van der Waals surface area contributed by atoms with Gasteiger partial charge < -0.3 is 4.98 Å². The van der Waals surface area contributed by atoms with Crippen molar-refractivity contribution in [2.24, 2.45) is 5.11 Å². The van der Waals surface area contributed by atoms with Crippen LogP contribution in [0, 0.1) is 0 Å². The van der Waals surface area contributed by atoms with Crippen molar-refractivity contribution < 1.29 is 4.79 Å². The summed E-state index contributed by atoms with van der Waals surface area (Å²) < 4.78 is 0. The van der Waals surface area contributed by atoms with Gasteiger partial charge in [-0.05, 0) is 11.6 Å². The van der Waals surface area contributed by atoms with E-state index in [0.29, 0.717) is 5.56 Å². The number of nitrogens with one attached hydrogen (secondary N) is 1. The fourth-order valence-corrected chi connectivity index (χ4v) is 1.48. The molecule has 0 saturated heterocycles. The number of aromatic nitrogens is 1. The maximum atomic E-state index is 11.6. The molecule has 0 aliphatic rings. The standard InChI is InChI=1S/C10H8N4O/c11-14-13-6-10(15)8-5-12-9-4-2-1-3-7(8)9/h1-5,12H,6H2. The van der Waals surface area contributed by atoms with Gasteiger partial charge >= 0.3 is 0 Å². The molecule has 1 aromatic heterocycles. The molecule has 2 rings (SSSR count). The predicted molar refractivity (Wildman–Crippen MR) is 56.6 cm³/mol. The van der Waals surface area contributed by atoms with Crippen LogP contribution in [0.1, 0.15) is 10.4 Å². The van der Waals surface area contributed by atoms with Crippen molar-refractivity contribution in [2.45, 2.75) is 0 Å². The lowest BCUT2D eigenvalue weighted by atomic mass is 10.1. The van der Waals surface area contributed by atoms with Crippen LogP contribution in [-0.4, -0.2) is 17.3 Å². The van der Waals surface area contributed by atoms with Gasteiger partial charge in [0, 0.05) is 27.6 Å². The number of fused-ring (bicyclic) bond motifs is 1. The number of rotatable bonds is 3. The number of ketones is 1. The van der Waals surface area contributed by atoms with E-state index in [1.165, 1.54) is 0 Å². The second kappa shape index (κ2) is 3.86. The topological polar surface area (TPSA) is 81.6 Å².